The van der Waals surface area contributed by atoms with Crippen molar-refractivity contribution in [3.63, 3.8) is 0 Å². The average molecular weight is 273 g/mol. The second kappa shape index (κ2) is 4.85. The molecule has 1 aliphatic rings. The van der Waals surface area contributed by atoms with E-state index < -0.39 is 0 Å². The molecule has 0 amide bonds. The van der Waals surface area contributed by atoms with E-state index in [1.165, 1.54) is 0 Å². The Morgan fingerprint density at radius 2 is 2.40 bits per heavy atom. The van der Waals surface area contributed by atoms with Gasteiger partial charge >= 0.3 is 0 Å². The highest BCUT2D eigenvalue weighted by molar-refractivity contribution is 9.10. The quantitative estimate of drug-likeness (QED) is 0.905. The number of nitrogens with zero attached hydrogens (tertiary/aromatic N) is 3. The molecule has 1 fully saturated rings. The number of halogens is 1. The van der Waals surface area contributed by atoms with Crippen molar-refractivity contribution in [2.75, 3.05) is 18.5 Å². The molecule has 2 heterocycles. The molecule has 0 aliphatic carbocycles. The molecule has 1 aliphatic heterocycles. The largest absolute Gasteiger partial charge is 0.376 e. The first kappa shape index (κ1) is 10.8. The lowest BCUT2D eigenvalue weighted by atomic mass is 10.2. The summed E-state index contributed by atoms with van der Waals surface area (Å²) in [6.07, 6.45) is 2.54. The molecule has 0 bridgehead atoms. The van der Waals surface area contributed by atoms with Crippen LogP contribution >= 0.6 is 15.9 Å². The van der Waals surface area contributed by atoms with Crippen LogP contribution in [-0.4, -0.2) is 34.4 Å². The van der Waals surface area contributed by atoms with E-state index in [0.29, 0.717) is 10.6 Å². The number of aryl methyl sites for hydroxylation is 1. The Hall–Kier alpha value is -0.750. The maximum Gasteiger partial charge on any atom is 0.243 e. The molecule has 1 atom stereocenters. The minimum atomic E-state index is 0.289. The lowest BCUT2D eigenvalue weighted by Gasteiger charge is -2.10. The lowest BCUT2D eigenvalue weighted by molar-refractivity contribution is 0.120. The molecule has 0 spiro atoms. The maximum atomic E-state index is 5.48. The SMILES string of the molecule is Cc1nc(NCC2CCCO2)nnc1Br. The zero-order chi connectivity index (χ0) is 10.7. The second-order valence-corrected chi connectivity index (χ2v) is 4.28. The first-order valence-corrected chi connectivity index (χ1v) is 5.77. The summed E-state index contributed by atoms with van der Waals surface area (Å²) in [6, 6.07) is 0. The van der Waals surface area contributed by atoms with E-state index in [9.17, 15) is 0 Å². The van der Waals surface area contributed by atoms with Gasteiger partial charge in [0.1, 0.15) is 4.60 Å². The van der Waals surface area contributed by atoms with E-state index in [1.807, 2.05) is 6.92 Å². The first-order valence-electron chi connectivity index (χ1n) is 4.98. The Bertz CT molecular complexity index is 341. The molecule has 1 aromatic heterocycles. The number of aromatic nitrogens is 3. The second-order valence-electron chi connectivity index (χ2n) is 3.53. The Kier molecular flexibility index (Phi) is 3.48. The van der Waals surface area contributed by atoms with Gasteiger partial charge in [0.2, 0.25) is 5.95 Å². The van der Waals surface area contributed by atoms with Gasteiger partial charge in [-0.3, -0.25) is 0 Å². The number of ether oxygens (including phenoxy) is 1. The first-order chi connectivity index (χ1) is 7.25. The highest BCUT2D eigenvalue weighted by atomic mass is 79.9. The van der Waals surface area contributed by atoms with Crippen LogP contribution in [0.1, 0.15) is 18.5 Å². The summed E-state index contributed by atoms with van der Waals surface area (Å²) in [4.78, 5) is 4.25. The van der Waals surface area contributed by atoms with E-state index in [4.69, 9.17) is 4.74 Å². The van der Waals surface area contributed by atoms with Crippen molar-refractivity contribution < 1.29 is 4.74 Å². The van der Waals surface area contributed by atoms with Gasteiger partial charge in [0, 0.05) is 13.2 Å². The topological polar surface area (TPSA) is 59.9 Å². The third-order valence-corrected chi connectivity index (χ3v) is 3.05. The number of hydrogen-bond donors (Lipinski definition) is 1. The van der Waals surface area contributed by atoms with E-state index in [0.717, 1.165) is 31.7 Å². The van der Waals surface area contributed by atoms with Gasteiger partial charge in [-0.1, -0.05) is 0 Å². The van der Waals surface area contributed by atoms with Crippen LogP contribution in [0.2, 0.25) is 0 Å². The fraction of sp³-hybridized carbons (Fsp3) is 0.667. The smallest absolute Gasteiger partial charge is 0.243 e. The van der Waals surface area contributed by atoms with E-state index in [2.05, 4.69) is 36.4 Å². The highest BCUT2D eigenvalue weighted by Crippen LogP contribution is 2.13. The third kappa shape index (κ3) is 2.85. The normalized spacial score (nSPS) is 20.5. The summed E-state index contributed by atoms with van der Waals surface area (Å²) in [7, 11) is 0. The molecular formula is C9H13BrN4O. The molecule has 0 radical (unpaired) electrons. The predicted octanol–water partition coefficient (Wildman–Crippen LogP) is 1.53. The molecule has 5 nitrogen and oxygen atoms in total. The fourth-order valence-electron chi connectivity index (χ4n) is 1.48. The van der Waals surface area contributed by atoms with Gasteiger partial charge in [-0.2, -0.15) is 0 Å². The van der Waals surface area contributed by atoms with Crippen molar-refractivity contribution in [3.05, 3.63) is 10.3 Å². The van der Waals surface area contributed by atoms with Crippen LogP contribution in [0, 0.1) is 6.92 Å². The van der Waals surface area contributed by atoms with Crippen LogP contribution in [0.15, 0.2) is 4.60 Å². The number of hydrogen-bond acceptors (Lipinski definition) is 5. The molecule has 1 N–H and O–H groups in total. The van der Waals surface area contributed by atoms with Gasteiger partial charge in [0.25, 0.3) is 0 Å². The minimum Gasteiger partial charge on any atom is -0.376 e. The summed E-state index contributed by atoms with van der Waals surface area (Å²) in [5, 5.41) is 11.0. The molecule has 1 unspecified atom stereocenters. The van der Waals surface area contributed by atoms with Crippen LogP contribution in [-0.2, 0) is 4.74 Å². The predicted molar refractivity (Wildman–Crippen MR) is 59.7 cm³/mol. The molecule has 6 heteroatoms. The molecular weight excluding hydrogens is 260 g/mol. The molecule has 1 saturated heterocycles. The van der Waals surface area contributed by atoms with Crippen molar-refractivity contribution in [2.45, 2.75) is 25.9 Å². The van der Waals surface area contributed by atoms with Gasteiger partial charge in [-0.05, 0) is 35.7 Å². The van der Waals surface area contributed by atoms with Crippen LogP contribution < -0.4 is 5.32 Å². The van der Waals surface area contributed by atoms with Gasteiger partial charge in [-0.25, -0.2) is 4.98 Å². The zero-order valence-electron chi connectivity index (χ0n) is 8.53. The third-order valence-electron chi connectivity index (χ3n) is 2.32. The van der Waals surface area contributed by atoms with E-state index >= 15 is 0 Å². The number of rotatable bonds is 3. The van der Waals surface area contributed by atoms with Gasteiger partial charge < -0.3 is 10.1 Å². The lowest BCUT2D eigenvalue weighted by Crippen LogP contribution is -2.20. The summed E-state index contributed by atoms with van der Waals surface area (Å²) < 4.78 is 6.17. The van der Waals surface area contributed by atoms with E-state index in [1.54, 1.807) is 0 Å². The van der Waals surface area contributed by atoms with Crippen LogP contribution in [0.25, 0.3) is 0 Å². The van der Waals surface area contributed by atoms with Crippen LogP contribution in [0.3, 0.4) is 0 Å². The monoisotopic (exact) mass is 272 g/mol. The molecule has 2 rings (SSSR count). The Morgan fingerprint density at radius 3 is 3.07 bits per heavy atom. The van der Waals surface area contributed by atoms with Gasteiger partial charge in [-0.15, -0.1) is 10.2 Å². The number of anilines is 1. The van der Waals surface area contributed by atoms with Crippen molar-refractivity contribution in [1.29, 1.82) is 0 Å². The zero-order valence-corrected chi connectivity index (χ0v) is 10.1. The Morgan fingerprint density at radius 1 is 1.53 bits per heavy atom. The van der Waals surface area contributed by atoms with Crippen molar-refractivity contribution in [1.82, 2.24) is 15.2 Å². The Labute approximate surface area is 96.8 Å². The van der Waals surface area contributed by atoms with E-state index in [-0.39, 0.29) is 6.10 Å². The van der Waals surface area contributed by atoms with Gasteiger partial charge in [0.05, 0.1) is 11.8 Å². The summed E-state index contributed by atoms with van der Waals surface area (Å²) in [6.45, 7) is 3.50. The molecule has 15 heavy (non-hydrogen) atoms. The van der Waals surface area contributed by atoms with Crippen LogP contribution in [0.5, 0.6) is 0 Å². The Balaban J connectivity index is 1.90. The standard InChI is InChI=1S/C9H13BrN4O/c1-6-8(10)13-14-9(12-6)11-5-7-3-2-4-15-7/h7H,2-5H2,1H3,(H,11,12,14). The van der Waals surface area contributed by atoms with Crippen molar-refractivity contribution >= 4 is 21.9 Å². The number of nitrogens with one attached hydrogen (secondary N) is 1. The summed E-state index contributed by atoms with van der Waals surface area (Å²) in [5.74, 6) is 0.561. The average Bonchev–Trinajstić information content (AvgIpc) is 2.73. The fourth-order valence-corrected chi connectivity index (χ4v) is 1.64. The van der Waals surface area contributed by atoms with Crippen molar-refractivity contribution in [2.24, 2.45) is 0 Å². The molecule has 1 aromatic rings. The minimum absolute atomic E-state index is 0.289. The molecule has 0 aromatic carbocycles. The van der Waals surface area contributed by atoms with Crippen molar-refractivity contribution in [3.8, 4) is 0 Å². The maximum absolute atomic E-state index is 5.48. The summed E-state index contributed by atoms with van der Waals surface area (Å²) in [5.41, 5.74) is 0.833. The van der Waals surface area contributed by atoms with Gasteiger partial charge in [0.15, 0.2) is 0 Å². The molecule has 0 saturated carbocycles. The van der Waals surface area contributed by atoms with Crippen LogP contribution in [0.4, 0.5) is 5.95 Å². The highest BCUT2D eigenvalue weighted by Gasteiger charge is 2.15. The summed E-state index contributed by atoms with van der Waals surface area (Å²) >= 11 is 3.26. The molecule has 82 valence electrons.